The Balaban J connectivity index is 1.49. The van der Waals surface area contributed by atoms with E-state index in [4.69, 9.17) is 4.42 Å². The Labute approximate surface area is 148 Å². The van der Waals surface area contributed by atoms with E-state index in [1.807, 2.05) is 0 Å². The Hall–Kier alpha value is -2.27. The van der Waals surface area contributed by atoms with Crippen molar-refractivity contribution in [3.63, 3.8) is 0 Å². The number of nitrogens with zero attached hydrogens (tertiary/aromatic N) is 1. The maximum Gasteiger partial charge on any atom is 0.255 e. The van der Waals surface area contributed by atoms with Crippen LogP contribution in [0.1, 0.15) is 41.4 Å². The lowest BCUT2D eigenvalue weighted by Gasteiger charge is -2.25. The number of hydrogen-bond donors (Lipinski definition) is 2. The summed E-state index contributed by atoms with van der Waals surface area (Å²) in [5.41, 5.74) is 3.26. The first-order valence-corrected chi connectivity index (χ1v) is 9.15. The molecule has 1 amide bonds. The minimum absolute atomic E-state index is 0.0300. The second kappa shape index (κ2) is 6.92. The van der Waals surface area contributed by atoms with E-state index in [0.717, 1.165) is 38.1 Å². The summed E-state index contributed by atoms with van der Waals surface area (Å²) in [6.45, 7) is 4.72. The topological polar surface area (TPSA) is 57.5 Å². The number of amides is 1. The molecule has 132 valence electrons. The number of nitrogens with one attached hydrogen (secondary N) is 2. The third-order valence-corrected chi connectivity index (χ3v) is 5.28. The van der Waals surface area contributed by atoms with Gasteiger partial charge >= 0.3 is 0 Å². The number of hydrogen-bond acceptors (Lipinski definition) is 4. The molecule has 0 aliphatic carbocycles. The molecule has 1 aromatic carbocycles. The molecule has 2 atom stereocenters. The van der Waals surface area contributed by atoms with E-state index in [1.165, 1.54) is 11.3 Å². The Morgan fingerprint density at radius 2 is 2.24 bits per heavy atom. The number of carbonyl (C=O) groups excluding carboxylic acids is 1. The third kappa shape index (κ3) is 3.29. The molecule has 5 nitrogen and oxygen atoms in total. The molecule has 1 saturated heterocycles. The zero-order chi connectivity index (χ0) is 17.2. The van der Waals surface area contributed by atoms with Crippen molar-refractivity contribution in [1.29, 1.82) is 0 Å². The van der Waals surface area contributed by atoms with Gasteiger partial charge < -0.3 is 20.0 Å². The van der Waals surface area contributed by atoms with Crippen LogP contribution in [0.5, 0.6) is 0 Å². The van der Waals surface area contributed by atoms with Crippen molar-refractivity contribution in [1.82, 2.24) is 10.6 Å². The molecule has 0 saturated carbocycles. The van der Waals surface area contributed by atoms with Gasteiger partial charge in [0, 0.05) is 24.3 Å². The maximum atomic E-state index is 12.7. The average molecular weight is 339 g/mol. The van der Waals surface area contributed by atoms with Crippen molar-refractivity contribution in [2.45, 2.75) is 44.8 Å². The lowest BCUT2D eigenvalue weighted by molar-refractivity contribution is 0.0928. The van der Waals surface area contributed by atoms with Crippen LogP contribution in [0.2, 0.25) is 0 Å². The molecule has 0 spiro atoms. The number of benzene rings is 1. The lowest BCUT2D eigenvalue weighted by Crippen LogP contribution is -2.45. The minimum Gasteiger partial charge on any atom is -0.467 e. The summed E-state index contributed by atoms with van der Waals surface area (Å²) in [6, 6.07) is 10.9. The summed E-state index contributed by atoms with van der Waals surface area (Å²) in [5.74, 6) is 0.711. The van der Waals surface area contributed by atoms with Crippen LogP contribution in [0.15, 0.2) is 41.0 Å². The molecule has 0 bridgehead atoms. The lowest BCUT2D eigenvalue weighted by atomic mass is 10.1. The fourth-order valence-electron chi connectivity index (χ4n) is 3.93. The minimum atomic E-state index is -0.0300. The highest BCUT2D eigenvalue weighted by Crippen LogP contribution is 2.33. The molecule has 1 fully saturated rings. The molecule has 2 N–H and O–H groups in total. The molecule has 5 heteroatoms. The number of carbonyl (C=O) groups is 1. The molecule has 25 heavy (non-hydrogen) atoms. The summed E-state index contributed by atoms with van der Waals surface area (Å²) < 4.78 is 5.68. The molecule has 3 heterocycles. The van der Waals surface area contributed by atoms with Gasteiger partial charge in [-0.05, 0) is 50.4 Å². The van der Waals surface area contributed by atoms with Crippen molar-refractivity contribution in [3.05, 3.63) is 53.5 Å². The van der Waals surface area contributed by atoms with E-state index in [0.29, 0.717) is 18.2 Å². The van der Waals surface area contributed by atoms with E-state index >= 15 is 0 Å². The van der Waals surface area contributed by atoms with E-state index < -0.39 is 0 Å². The van der Waals surface area contributed by atoms with Crippen LogP contribution in [0.3, 0.4) is 0 Å². The highest BCUT2D eigenvalue weighted by Gasteiger charge is 2.28. The monoisotopic (exact) mass is 339 g/mol. The van der Waals surface area contributed by atoms with Gasteiger partial charge in [0.15, 0.2) is 0 Å². The summed E-state index contributed by atoms with van der Waals surface area (Å²) in [7, 11) is 0. The smallest absolute Gasteiger partial charge is 0.255 e. The SMILES string of the molecule is CC1Cc2ccccc2N1Cc1occc1C(=O)NC1CCCNC1. The van der Waals surface area contributed by atoms with Gasteiger partial charge in [-0.3, -0.25) is 4.79 Å². The summed E-state index contributed by atoms with van der Waals surface area (Å²) in [4.78, 5) is 15.0. The number of anilines is 1. The number of para-hydroxylation sites is 1. The Morgan fingerprint density at radius 3 is 3.08 bits per heavy atom. The van der Waals surface area contributed by atoms with Gasteiger partial charge in [-0.1, -0.05) is 18.2 Å². The van der Waals surface area contributed by atoms with Crippen LogP contribution in [-0.2, 0) is 13.0 Å². The summed E-state index contributed by atoms with van der Waals surface area (Å²) in [5, 5.41) is 6.47. The van der Waals surface area contributed by atoms with Gasteiger partial charge in [0.2, 0.25) is 0 Å². The highest BCUT2D eigenvalue weighted by atomic mass is 16.3. The number of rotatable bonds is 4. The molecule has 1 aromatic heterocycles. The molecule has 2 unspecified atom stereocenters. The van der Waals surface area contributed by atoms with Crippen molar-refractivity contribution < 1.29 is 9.21 Å². The van der Waals surface area contributed by atoms with Gasteiger partial charge in [-0.25, -0.2) is 0 Å². The molecule has 2 aliphatic heterocycles. The molecule has 2 aromatic rings. The second-order valence-electron chi connectivity index (χ2n) is 7.08. The molecule has 0 radical (unpaired) electrons. The Bertz CT molecular complexity index is 749. The van der Waals surface area contributed by atoms with E-state index in [9.17, 15) is 4.79 Å². The van der Waals surface area contributed by atoms with Crippen LogP contribution in [0.25, 0.3) is 0 Å². The van der Waals surface area contributed by atoms with Crippen LogP contribution in [-0.4, -0.2) is 31.1 Å². The van der Waals surface area contributed by atoms with E-state index in [2.05, 4.69) is 46.7 Å². The first-order chi connectivity index (χ1) is 12.2. The number of furan rings is 1. The molecule has 2 aliphatic rings. The summed E-state index contributed by atoms with van der Waals surface area (Å²) >= 11 is 0. The summed E-state index contributed by atoms with van der Waals surface area (Å²) in [6.07, 6.45) is 4.79. The van der Waals surface area contributed by atoms with E-state index in [-0.39, 0.29) is 11.9 Å². The van der Waals surface area contributed by atoms with Gasteiger partial charge in [0.1, 0.15) is 5.76 Å². The van der Waals surface area contributed by atoms with Gasteiger partial charge in [-0.2, -0.15) is 0 Å². The standard InChI is InChI=1S/C20H25N3O2/c1-14-11-15-5-2-3-7-18(15)23(14)13-19-17(8-10-25-19)20(24)22-16-6-4-9-21-12-16/h2-3,5,7-8,10,14,16,21H,4,6,9,11-13H2,1H3,(H,22,24). The fraction of sp³-hybridized carbons (Fsp3) is 0.450. The number of fused-ring (bicyclic) bond motifs is 1. The van der Waals surface area contributed by atoms with Gasteiger partial charge in [0.05, 0.1) is 18.4 Å². The fourth-order valence-corrected chi connectivity index (χ4v) is 3.93. The second-order valence-corrected chi connectivity index (χ2v) is 7.08. The van der Waals surface area contributed by atoms with Crippen LogP contribution >= 0.6 is 0 Å². The normalized spacial score (nSPS) is 22.7. The first kappa shape index (κ1) is 16.2. The van der Waals surface area contributed by atoms with Crippen molar-refractivity contribution >= 4 is 11.6 Å². The predicted molar refractivity (Wildman–Crippen MR) is 97.9 cm³/mol. The molecular weight excluding hydrogens is 314 g/mol. The van der Waals surface area contributed by atoms with Crippen molar-refractivity contribution in [2.75, 3.05) is 18.0 Å². The zero-order valence-corrected chi connectivity index (χ0v) is 14.6. The van der Waals surface area contributed by atoms with Gasteiger partial charge in [0.25, 0.3) is 5.91 Å². The van der Waals surface area contributed by atoms with E-state index in [1.54, 1.807) is 12.3 Å². The zero-order valence-electron chi connectivity index (χ0n) is 14.6. The maximum absolute atomic E-state index is 12.7. The largest absolute Gasteiger partial charge is 0.467 e. The van der Waals surface area contributed by atoms with Gasteiger partial charge in [-0.15, -0.1) is 0 Å². The van der Waals surface area contributed by atoms with Crippen LogP contribution in [0, 0.1) is 0 Å². The Morgan fingerprint density at radius 1 is 1.36 bits per heavy atom. The van der Waals surface area contributed by atoms with Crippen molar-refractivity contribution in [3.8, 4) is 0 Å². The molecule has 4 rings (SSSR count). The highest BCUT2D eigenvalue weighted by molar-refractivity contribution is 5.95. The van der Waals surface area contributed by atoms with Crippen molar-refractivity contribution in [2.24, 2.45) is 0 Å². The average Bonchev–Trinajstić information content (AvgIpc) is 3.21. The third-order valence-electron chi connectivity index (χ3n) is 5.28. The van der Waals surface area contributed by atoms with Crippen LogP contribution < -0.4 is 15.5 Å². The number of piperidine rings is 1. The quantitative estimate of drug-likeness (QED) is 0.899. The molecular formula is C20H25N3O2. The Kier molecular flexibility index (Phi) is 4.49. The first-order valence-electron chi connectivity index (χ1n) is 9.15. The predicted octanol–water partition coefficient (Wildman–Crippen LogP) is 2.71. The van der Waals surface area contributed by atoms with Crippen LogP contribution in [0.4, 0.5) is 5.69 Å².